The molecule has 2 aromatic rings. The summed E-state index contributed by atoms with van der Waals surface area (Å²) in [6, 6.07) is 16.0. The largest absolute Gasteiger partial charge is 0.383 e. The van der Waals surface area contributed by atoms with Gasteiger partial charge in [0.05, 0.1) is 17.9 Å². The fourth-order valence-electron chi connectivity index (χ4n) is 2.19. The van der Waals surface area contributed by atoms with Gasteiger partial charge in [0.2, 0.25) is 0 Å². The third kappa shape index (κ3) is 5.71. The number of amides is 3. The van der Waals surface area contributed by atoms with E-state index in [1.165, 1.54) is 7.11 Å². The highest BCUT2D eigenvalue weighted by Gasteiger charge is 2.17. The van der Waals surface area contributed by atoms with Gasteiger partial charge >= 0.3 is 11.8 Å². The lowest BCUT2D eigenvalue weighted by atomic mass is 10.1. The molecule has 3 amide bonds. The maximum absolute atomic E-state index is 12.4. The van der Waals surface area contributed by atoms with Crippen molar-refractivity contribution in [2.45, 2.75) is 6.54 Å². The average Bonchev–Trinajstić information content (AvgIpc) is 2.67. The summed E-state index contributed by atoms with van der Waals surface area (Å²) in [4.78, 5) is 36.1. The van der Waals surface area contributed by atoms with Gasteiger partial charge in [0, 0.05) is 20.2 Å². The quantitative estimate of drug-likeness (QED) is 0.515. The first kappa shape index (κ1) is 19.1. The molecule has 7 heteroatoms. The van der Waals surface area contributed by atoms with Crippen LogP contribution in [-0.2, 0) is 20.9 Å². The summed E-state index contributed by atoms with van der Waals surface area (Å²) in [5.74, 6) is -1.98. The van der Waals surface area contributed by atoms with E-state index in [0.29, 0.717) is 13.2 Å². The van der Waals surface area contributed by atoms with Crippen LogP contribution in [0.4, 0.5) is 5.69 Å². The molecule has 0 heterocycles. The van der Waals surface area contributed by atoms with Crippen molar-refractivity contribution in [3.05, 3.63) is 65.7 Å². The summed E-state index contributed by atoms with van der Waals surface area (Å²) in [6.45, 7) is 0.888. The molecule has 0 saturated heterocycles. The van der Waals surface area contributed by atoms with Gasteiger partial charge in [0.15, 0.2) is 0 Å². The predicted molar refractivity (Wildman–Crippen MR) is 97.6 cm³/mol. The second kappa shape index (κ2) is 9.95. The number of hydrogen-bond donors (Lipinski definition) is 3. The van der Waals surface area contributed by atoms with Crippen molar-refractivity contribution in [1.29, 1.82) is 0 Å². The molecule has 0 fully saturated rings. The number of benzene rings is 2. The lowest BCUT2D eigenvalue weighted by molar-refractivity contribution is -0.136. The van der Waals surface area contributed by atoms with E-state index in [0.717, 1.165) is 5.56 Å². The number of para-hydroxylation sites is 1. The number of anilines is 1. The number of ether oxygens (including phenoxy) is 1. The van der Waals surface area contributed by atoms with Crippen molar-refractivity contribution in [2.24, 2.45) is 0 Å². The van der Waals surface area contributed by atoms with Crippen LogP contribution in [0.5, 0.6) is 0 Å². The summed E-state index contributed by atoms with van der Waals surface area (Å²) < 4.78 is 4.80. The first-order chi connectivity index (χ1) is 12.6. The first-order valence-corrected chi connectivity index (χ1v) is 8.11. The molecule has 0 atom stereocenters. The Morgan fingerprint density at radius 3 is 2.31 bits per heavy atom. The molecule has 2 aromatic carbocycles. The highest BCUT2D eigenvalue weighted by Crippen LogP contribution is 2.15. The van der Waals surface area contributed by atoms with E-state index in [1.807, 2.05) is 30.3 Å². The van der Waals surface area contributed by atoms with E-state index >= 15 is 0 Å². The fraction of sp³-hybridized carbons (Fsp3) is 0.211. The predicted octanol–water partition coefficient (Wildman–Crippen LogP) is 1.32. The molecule has 0 unspecified atom stereocenters. The molecule has 26 heavy (non-hydrogen) atoms. The minimum atomic E-state index is -0.843. The van der Waals surface area contributed by atoms with Crippen LogP contribution in [0.25, 0.3) is 0 Å². The van der Waals surface area contributed by atoms with Crippen LogP contribution in [0.15, 0.2) is 54.6 Å². The van der Waals surface area contributed by atoms with Gasteiger partial charge in [0.25, 0.3) is 5.91 Å². The summed E-state index contributed by atoms with van der Waals surface area (Å²) in [7, 11) is 1.50. The van der Waals surface area contributed by atoms with Crippen LogP contribution < -0.4 is 16.0 Å². The average molecular weight is 355 g/mol. The molecule has 0 bridgehead atoms. The molecule has 0 aliphatic heterocycles. The van der Waals surface area contributed by atoms with E-state index < -0.39 is 11.8 Å². The van der Waals surface area contributed by atoms with Gasteiger partial charge in [-0.15, -0.1) is 0 Å². The van der Waals surface area contributed by atoms with Crippen molar-refractivity contribution in [1.82, 2.24) is 10.6 Å². The molecule has 0 aliphatic carbocycles. The van der Waals surface area contributed by atoms with Crippen molar-refractivity contribution in [2.75, 3.05) is 25.6 Å². The van der Waals surface area contributed by atoms with Gasteiger partial charge in [-0.1, -0.05) is 42.5 Å². The second-order valence-electron chi connectivity index (χ2n) is 5.42. The Morgan fingerprint density at radius 2 is 1.58 bits per heavy atom. The topological polar surface area (TPSA) is 96.5 Å². The van der Waals surface area contributed by atoms with E-state index in [9.17, 15) is 14.4 Å². The minimum absolute atomic E-state index is 0.224. The van der Waals surface area contributed by atoms with Crippen LogP contribution in [-0.4, -0.2) is 38.0 Å². The van der Waals surface area contributed by atoms with Crippen LogP contribution in [0.2, 0.25) is 0 Å². The van der Waals surface area contributed by atoms with Gasteiger partial charge in [-0.05, 0) is 17.7 Å². The highest BCUT2D eigenvalue weighted by molar-refractivity contribution is 6.40. The van der Waals surface area contributed by atoms with Gasteiger partial charge < -0.3 is 20.7 Å². The van der Waals surface area contributed by atoms with E-state index in [1.54, 1.807) is 24.3 Å². The SMILES string of the molecule is COCCNC(=O)C(=O)Nc1ccccc1C(=O)NCc1ccccc1. The highest BCUT2D eigenvalue weighted by atomic mass is 16.5. The van der Waals surface area contributed by atoms with Crippen LogP contribution in [0.1, 0.15) is 15.9 Å². The molecular formula is C19H21N3O4. The number of methoxy groups -OCH3 is 1. The van der Waals surface area contributed by atoms with E-state index in [-0.39, 0.29) is 23.7 Å². The maximum Gasteiger partial charge on any atom is 0.313 e. The Bertz CT molecular complexity index is 762. The lowest BCUT2D eigenvalue weighted by Gasteiger charge is -2.11. The summed E-state index contributed by atoms with van der Waals surface area (Å²) in [6.07, 6.45) is 0. The van der Waals surface area contributed by atoms with E-state index in [4.69, 9.17) is 4.74 Å². The minimum Gasteiger partial charge on any atom is -0.383 e. The van der Waals surface area contributed by atoms with Gasteiger partial charge in [-0.25, -0.2) is 0 Å². The number of nitrogens with one attached hydrogen (secondary N) is 3. The Morgan fingerprint density at radius 1 is 0.885 bits per heavy atom. The van der Waals surface area contributed by atoms with Crippen molar-refractivity contribution in [3.63, 3.8) is 0 Å². The monoisotopic (exact) mass is 355 g/mol. The third-order valence-corrected chi connectivity index (χ3v) is 3.51. The van der Waals surface area contributed by atoms with Gasteiger partial charge in [-0.2, -0.15) is 0 Å². The molecule has 7 nitrogen and oxygen atoms in total. The van der Waals surface area contributed by atoms with Crippen LogP contribution in [0, 0.1) is 0 Å². The first-order valence-electron chi connectivity index (χ1n) is 8.11. The second-order valence-corrected chi connectivity index (χ2v) is 5.42. The summed E-state index contributed by atoms with van der Waals surface area (Å²) >= 11 is 0. The number of rotatable bonds is 7. The number of carbonyl (C=O) groups excluding carboxylic acids is 3. The Balaban J connectivity index is 1.99. The van der Waals surface area contributed by atoms with Gasteiger partial charge in [0.1, 0.15) is 0 Å². The van der Waals surface area contributed by atoms with Crippen LogP contribution >= 0.6 is 0 Å². The van der Waals surface area contributed by atoms with Crippen LogP contribution in [0.3, 0.4) is 0 Å². The Kier molecular flexibility index (Phi) is 7.32. The maximum atomic E-state index is 12.4. The Labute approximate surface area is 151 Å². The normalized spacial score (nSPS) is 10.0. The molecule has 136 valence electrons. The molecule has 0 saturated carbocycles. The van der Waals surface area contributed by atoms with Gasteiger partial charge in [-0.3, -0.25) is 14.4 Å². The lowest BCUT2D eigenvalue weighted by Crippen LogP contribution is -2.37. The summed E-state index contributed by atoms with van der Waals surface area (Å²) in [5.41, 5.74) is 1.51. The number of carbonyl (C=O) groups is 3. The Hall–Kier alpha value is -3.19. The summed E-state index contributed by atoms with van der Waals surface area (Å²) in [5, 5.41) is 7.68. The molecular weight excluding hydrogens is 334 g/mol. The molecule has 0 spiro atoms. The fourth-order valence-corrected chi connectivity index (χ4v) is 2.19. The molecule has 0 radical (unpaired) electrons. The molecule has 0 aromatic heterocycles. The standard InChI is InChI=1S/C19H21N3O4/c1-26-12-11-20-18(24)19(25)22-16-10-6-5-9-15(16)17(23)21-13-14-7-3-2-4-8-14/h2-10H,11-13H2,1H3,(H,20,24)(H,21,23)(H,22,25). The van der Waals surface area contributed by atoms with Crippen molar-refractivity contribution >= 4 is 23.4 Å². The smallest absolute Gasteiger partial charge is 0.313 e. The zero-order valence-electron chi connectivity index (χ0n) is 14.5. The third-order valence-electron chi connectivity index (χ3n) is 3.51. The zero-order valence-corrected chi connectivity index (χ0v) is 14.5. The van der Waals surface area contributed by atoms with E-state index in [2.05, 4.69) is 16.0 Å². The van der Waals surface area contributed by atoms with Crippen molar-refractivity contribution < 1.29 is 19.1 Å². The molecule has 2 rings (SSSR count). The molecule has 0 aliphatic rings. The zero-order chi connectivity index (χ0) is 18.8. The molecule has 3 N–H and O–H groups in total. The number of hydrogen-bond acceptors (Lipinski definition) is 4. The van der Waals surface area contributed by atoms with Crippen molar-refractivity contribution in [3.8, 4) is 0 Å².